The van der Waals surface area contributed by atoms with E-state index in [0.717, 1.165) is 23.2 Å². The van der Waals surface area contributed by atoms with E-state index in [1.54, 1.807) is 0 Å². The van der Waals surface area contributed by atoms with Gasteiger partial charge in [-0.2, -0.15) is 0 Å². The highest BCUT2D eigenvalue weighted by atomic mass is 16.7. The molecule has 4 aromatic rings. The molecule has 4 atom stereocenters. The van der Waals surface area contributed by atoms with Gasteiger partial charge in [0.05, 0.1) is 18.8 Å². The van der Waals surface area contributed by atoms with E-state index >= 15 is 0 Å². The molecule has 3 N–H and O–H groups in total. The maximum atomic E-state index is 12.1. The molecule has 0 bridgehead atoms. The second kappa shape index (κ2) is 13.3. The van der Waals surface area contributed by atoms with Gasteiger partial charge in [-0.15, -0.1) is 0 Å². The fraction of sp³-hybridized carbons (Fsp3) is 0.324. The average Bonchev–Trinajstić information content (AvgIpc) is 3.00. The third kappa shape index (κ3) is 7.13. The topological polar surface area (TPSA) is 83.1 Å². The Bertz CT molecular complexity index is 1460. The van der Waals surface area contributed by atoms with Gasteiger partial charge >= 0.3 is 6.03 Å². The van der Waals surface area contributed by atoms with Gasteiger partial charge in [-0.25, -0.2) is 4.79 Å². The number of likely N-dealkylation sites (N-methyl/N-ethyl adjacent to an activating group) is 1. The van der Waals surface area contributed by atoms with E-state index in [1.807, 2.05) is 55.5 Å². The van der Waals surface area contributed by atoms with Crippen LogP contribution in [0.1, 0.15) is 61.0 Å². The second-order valence-electron chi connectivity index (χ2n) is 10.7. The molecule has 1 heterocycles. The summed E-state index contributed by atoms with van der Waals surface area (Å²) in [4.78, 5) is 14.4. The van der Waals surface area contributed by atoms with Gasteiger partial charge in [0.25, 0.3) is 0 Å². The van der Waals surface area contributed by atoms with E-state index < -0.39 is 6.29 Å². The minimum absolute atomic E-state index is 0.00300. The van der Waals surface area contributed by atoms with Crippen molar-refractivity contribution in [2.24, 2.45) is 0 Å². The van der Waals surface area contributed by atoms with Crippen LogP contribution in [0.15, 0.2) is 91.0 Å². The van der Waals surface area contributed by atoms with Crippen molar-refractivity contribution in [2.75, 3.05) is 25.5 Å². The van der Waals surface area contributed by atoms with Crippen molar-refractivity contribution in [3.8, 4) is 0 Å². The molecule has 0 unspecified atom stereocenters. The van der Waals surface area contributed by atoms with Crippen LogP contribution in [0.5, 0.6) is 0 Å². The van der Waals surface area contributed by atoms with Gasteiger partial charge in [0.15, 0.2) is 6.29 Å². The van der Waals surface area contributed by atoms with Crippen molar-refractivity contribution >= 4 is 22.5 Å². The summed E-state index contributed by atoms with van der Waals surface area (Å²) in [5.74, 6) is 0. The first-order valence-corrected chi connectivity index (χ1v) is 14.3. The summed E-state index contributed by atoms with van der Waals surface area (Å²) in [6, 6.07) is 30.5. The number of rotatable bonds is 9. The number of anilines is 1. The first kappa shape index (κ1) is 28.8. The predicted octanol–water partition coefficient (Wildman–Crippen LogP) is 6.71. The Morgan fingerprint density at radius 1 is 0.951 bits per heavy atom. The molecule has 41 heavy (non-hydrogen) atoms. The summed E-state index contributed by atoms with van der Waals surface area (Å²) < 4.78 is 13.1. The van der Waals surface area contributed by atoms with Crippen LogP contribution < -0.4 is 10.6 Å². The van der Waals surface area contributed by atoms with Gasteiger partial charge in [0.1, 0.15) is 0 Å². The SMILES string of the molecule is CCNC(=O)Nc1cccc([C@H]2O[C@@H](CN(C)[C@H](C)c3ccc4ccccc4c3)C[C@@H](c3ccc(CO)cc3)O2)c1. The summed E-state index contributed by atoms with van der Waals surface area (Å²) in [7, 11) is 2.13. The van der Waals surface area contributed by atoms with Crippen LogP contribution in [0, 0.1) is 0 Å². The molecule has 0 aromatic heterocycles. The third-order valence-electron chi connectivity index (χ3n) is 7.78. The zero-order chi connectivity index (χ0) is 28.8. The van der Waals surface area contributed by atoms with Crippen LogP contribution in [0.25, 0.3) is 10.8 Å². The third-order valence-corrected chi connectivity index (χ3v) is 7.78. The minimum Gasteiger partial charge on any atom is -0.392 e. The van der Waals surface area contributed by atoms with Gasteiger partial charge in [0.2, 0.25) is 0 Å². The first-order chi connectivity index (χ1) is 19.9. The monoisotopic (exact) mass is 553 g/mol. The van der Waals surface area contributed by atoms with Crippen molar-refractivity contribution in [3.05, 3.63) is 113 Å². The van der Waals surface area contributed by atoms with Gasteiger partial charge in [-0.1, -0.05) is 72.8 Å². The van der Waals surface area contributed by atoms with E-state index in [9.17, 15) is 9.90 Å². The summed E-state index contributed by atoms with van der Waals surface area (Å²) in [5, 5.41) is 17.6. The van der Waals surface area contributed by atoms with Crippen LogP contribution in [-0.4, -0.2) is 42.3 Å². The van der Waals surface area contributed by atoms with Crippen molar-refractivity contribution in [3.63, 3.8) is 0 Å². The highest BCUT2D eigenvalue weighted by Gasteiger charge is 2.33. The van der Waals surface area contributed by atoms with Crippen molar-refractivity contribution in [1.82, 2.24) is 10.2 Å². The number of aliphatic hydroxyl groups is 1. The van der Waals surface area contributed by atoms with Crippen LogP contribution in [-0.2, 0) is 16.1 Å². The zero-order valence-electron chi connectivity index (χ0n) is 23.9. The summed E-state index contributed by atoms with van der Waals surface area (Å²) in [5.41, 5.74) is 4.68. The van der Waals surface area contributed by atoms with E-state index in [2.05, 4.69) is 72.0 Å². The molecular weight excluding hydrogens is 514 g/mol. The zero-order valence-corrected chi connectivity index (χ0v) is 23.9. The lowest BCUT2D eigenvalue weighted by Gasteiger charge is -2.39. The van der Waals surface area contributed by atoms with E-state index in [0.29, 0.717) is 18.7 Å². The number of hydrogen-bond acceptors (Lipinski definition) is 5. The number of nitrogens with zero attached hydrogens (tertiary/aromatic N) is 1. The number of urea groups is 1. The molecule has 1 aliphatic heterocycles. The van der Waals surface area contributed by atoms with Gasteiger partial charge < -0.3 is 25.2 Å². The molecule has 7 heteroatoms. The van der Waals surface area contributed by atoms with Crippen LogP contribution in [0.4, 0.5) is 10.5 Å². The Morgan fingerprint density at radius 2 is 1.73 bits per heavy atom. The predicted molar refractivity (Wildman–Crippen MR) is 163 cm³/mol. The standard InChI is InChI=1S/C34H39N3O4/c1-4-35-34(39)36-30-11-7-10-29(19-30)33-40-31(20-32(41-33)26-14-12-24(22-38)13-15-26)21-37(3)23(2)27-17-16-25-8-5-6-9-28(25)18-27/h5-19,23,31-33,38H,4,20-22H2,1-3H3,(H2,35,36,39)/t23-,31-,32+,33+/m1/s1. The Balaban J connectivity index is 1.36. The molecule has 0 spiro atoms. The van der Waals surface area contributed by atoms with E-state index in [1.165, 1.54) is 16.3 Å². The lowest BCUT2D eigenvalue weighted by Crippen LogP contribution is -2.38. The molecule has 2 amide bonds. The number of carbonyl (C=O) groups excluding carboxylic acids is 1. The fourth-order valence-electron chi connectivity index (χ4n) is 5.33. The number of benzene rings is 4. The van der Waals surface area contributed by atoms with Gasteiger partial charge in [-0.05, 0) is 66.6 Å². The molecule has 214 valence electrons. The van der Waals surface area contributed by atoms with Gasteiger partial charge in [0, 0.05) is 36.8 Å². The molecule has 5 rings (SSSR count). The Labute approximate surface area is 242 Å². The number of hydrogen-bond donors (Lipinski definition) is 3. The van der Waals surface area contributed by atoms with Crippen molar-refractivity contribution in [2.45, 2.75) is 51.4 Å². The normalized spacial score (nSPS) is 19.7. The molecule has 1 fully saturated rings. The summed E-state index contributed by atoms with van der Waals surface area (Å²) in [6.07, 6.45) is -0.183. The molecule has 1 saturated heterocycles. The molecule has 0 radical (unpaired) electrons. The largest absolute Gasteiger partial charge is 0.392 e. The van der Waals surface area contributed by atoms with E-state index in [4.69, 9.17) is 9.47 Å². The Kier molecular flexibility index (Phi) is 9.31. The lowest BCUT2D eigenvalue weighted by molar-refractivity contribution is -0.253. The smallest absolute Gasteiger partial charge is 0.319 e. The minimum atomic E-state index is -0.600. The molecule has 0 aliphatic carbocycles. The second-order valence-corrected chi connectivity index (χ2v) is 10.7. The number of carbonyl (C=O) groups is 1. The molecule has 0 saturated carbocycles. The van der Waals surface area contributed by atoms with Crippen molar-refractivity contribution < 1.29 is 19.4 Å². The highest BCUT2D eigenvalue weighted by molar-refractivity contribution is 5.89. The fourth-order valence-corrected chi connectivity index (χ4v) is 5.33. The number of nitrogens with one attached hydrogen (secondary N) is 2. The van der Waals surface area contributed by atoms with Crippen LogP contribution in [0.2, 0.25) is 0 Å². The summed E-state index contributed by atoms with van der Waals surface area (Å²) in [6.45, 7) is 5.37. The number of amides is 2. The number of aliphatic hydroxyl groups excluding tert-OH is 1. The molecule has 1 aliphatic rings. The Morgan fingerprint density at radius 3 is 2.49 bits per heavy atom. The molecule has 4 aromatic carbocycles. The lowest BCUT2D eigenvalue weighted by atomic mass is 9.98. The quantitative estimate of drug-likeness (QED) is 0.215. The van der Waals surface area contributed by atoms with Gasteiger partial charge in [-0.3, -0.25) is 4.90 Å². The number of fused-ring (bicyclic) bond motifs is 1. The van der Waals surface area contributed by atoms with Crippen LogP contribution >= 0.6 is 0 Å². The van der Waals surface area contributed by atoms with E-state index in [-0.39, 0.29) is 30.9 Å². The first-order valence-electron chi connectivity index (χ1n) is 14.3. The average molecular weight is 554 g/mol. The maximum absolute atomic E-state index is 12.1. The maximum Gasteiger partial charge on any atom is 0.319 e. The Hall–Kier alpha value is -3.75. The molecular formula is C34H39N3O4. The highest BCUT2D eigenvalue weighted by Crippen LogP contribution is 2.39. The molecule has 7 nitrogen and oxygen atoms in total. The van der Waals surface area contributed by atoms with Crippen LogP contribution in [0.3, 0.4) is 0 Å². The van der Waals surface area contributed by atoms with Crippen molar-refractivity contribution in [1.29, 1.82) is 0 Å². The number of ether oxygens (including phenoxy) is 2. The summed E-state index contributed by atoms with van der Waals surface area (Å²) >= 11 is 0.